The molecule has 0 bridgehead atoms. The molecule has 110 valence electrons. The molecule has 0 fully saturated rings. The molecule has 1 aromatic heterocycles. The number of carbonyl (C=O) groups excluding carboxylic acids is 1. The number of nitro groups is 1. The third kappa shape index (κ3) is 3.04. The van der Waals surface area contributed by atoms with Crippen LogP contribution in [0, 0.1) is 10.1 Å². The number of carbonyl (C=O) groups is 1. The van der Waals surface area contributed by atoms with Gasteiger partial charge >= 0.3 is 5.97 Å². The van der Waals surface area contributed by atoms with Gasteiger partial charge in [-0.1, -0.05) is 0 Å². The van der Waals surface area contributed by atoms with E-state index in [2.05, 4.69) is 14.7 Å². The van der Waals surface area contributed by atoms with Gasteiger partial charge < -0.3 is 9.64 Å². The number of non-ortho nitro benzene ring substituents is 1. The minimum atomic E-state index is -0.479. The fourth-order valence-electron chi connectivity index (χ4n) is 1.95. The molecule has 1 heterocycles. The molecule has 0 amide bonds. The number of hydrogen-bond acceptors (Lipinski definition) is 7. The van der Waals surface area contributed by atoms with E-state index in [0.29, 0.717) is 23.3 Å². The number of anilines is 1. The highest BCUT2D eigenvalue weighted by atomic mass is 16.6. The molecule has 2 aromatic rings. The zero-order valence-corrected chi connectivity index (χ0v) is 11.6. The lowest BCUT2D eigenvalue weighted by atomic mass is 10.2. The van der Waals surface area contributed by atoms with Gasteiger partial charge in [0.05, 0.1) is 17.5 Å². The van der Waals surface area contributed by atoms with Crippen molar-refractivity contribution in [3.63, 3.8) is 0 Å². The van der Waals surface area contributed by atoms with Crippen LogP contribution in [0.2, 0.25) is 0 Å². The van der Waals surface area contributed by atoms with Crippen LogP contribution in [0.3, 0.4) is 0 Å². The molecule has 0 aliphatic carbocycles. The van der Waals surface area contributed by atoms with Gasteiger partial charge in [-0.15, -0.1) is 0 Å². The minimum Gasteiger partial charge on any atom is -0.468 e. The van der Waals surface area contributed by atoms with Crippen LogP contribution in [0.5, 0.6) is 0 Å². The number of rotatable bonds is 5. The van der Waals surface area contributed by atoms with Gasteiger partial charge in [0, 0.05) is 24.1 Å². The first kappa shape index (κ1) is 14.6. The number of esters is 1. The third-order valence-electron chi connectivity index (χ3n) is 3.04. The third-order valence-corrected chi connectivity index (χ3v) is 3.04. The summed E-state index contributed by atoms with van der Waals surface area (Å²) in [4.78, 5) is 31.8. The van der Waals surface area contributed by atoms with Crippen molar-refractivity contribution < 1.29 is 14.5 Å². The van der Waals surface area contributed by atoms with Gasteiger partial charge in [0.15, 0.2) is 0 Å². The van der Waals surface area contributed by atoms with E-state index in [1.807, 2.05) is 6.92 Å². The van der Waals surface area contributed by atoms with Crippen LogP contribution < -0.4 is 4.90 Å². The largest absolute Gasteiger partial charge is 0.468 e. The highest BCUT2D eigenvalue weighted by molar-refractivity contribution is 5.92. The fraction of sp³-hybridized carbons (Fsp3) is 0.308. The lowest BCUT2D eigenvalue weighted by Gasteiger charge is -2.21. The fourth-order valence-corrected chi connectivity index (χ4v) is 1.95. The van der Waals surface area contributed by atoms with Gasteiger partial charge in [0.1, 0.15) is 18.7 Å². The summed E-state index contributed by atoms with van der Waals surface area (Å²) in [6, 6.07) is 4.35. The maximum absolute atomic E-state index is 11.5. The molecule has 0 radical (unpaired) electrons. The summed E-state index contributed by atoms with van der Waals surface area (Å²) < 4.78 is 4.65. The second-order valence-electron chi connectivity index (χ2n) is 4.25. The smallest absolute Gasteiger partial charge is 0.325 e. The van der Waals surface area contributed by atoms with E-state index in [1.54, 1.807) is 11.0 Å². The first-order chi connectivity index (χ1) is 10.1. The van der Waals surface area contributed by atoms with E-state index >= 15 is 0 Å². The maximum atomic E-state index is 11.5. The van der Waals surface area contributed by atoms with Crippen LogP contribution in [0.1, 0.15) is 6.92 Å². The zero-order valence-electron chi connectivity index (χ0n) is 11.6. The number of benzene rings is 1. The first-order valence-electron chi connectivity index (χ1n) is 6.27. The Morgan fingerprint density at radius 1 is 1.43 bits per heavy atom. The van der Waals surface area contributed by atoms with Gasteiger partial charge in [-0.25, -0.2) is 9.97 Å². The van der Waals surface area contributed by atoms with Crippen molar-refractivity contribution in [3.05, 3.63) is 34.6 Å². The van der Waals surface area contributed by atoms with Crippen LogP contribution in [0.25, 0.3) is 10.9 Å². The monoisotopic (exact) mass is 290 g/mol. The van der Waals surface area contributed by atoms with Gasteiger partial charge in [0.2, 0.25) is 0 Å². The predicted molar refractivity (Wildman–Crippen MR) is 76.1 cm³/mol. The lowest BCUT2D eigenvalue weighted by Crippen LogP contribution is -2.31. The molecule has 1 aromatic carbocycles. The summed E-state index contributed by atoms with van der Waals surface area (Å²) in [6.45, 7) is 2.37. The second kappa shape index (κ2) is 6.12. The van der Waals surface area contributed by atoms with Gasteiger partial charge in [-0.05, 0) is 13.0 Å². The molecule has 0 aliphatic rings. The second-order valence-corrected chi connectivity index (χ2v) is 4.25. The van der Waals surface area contributed by atoms with Crippen molar-refractivity contribution in [1.82, 2.24) is 9.97 Å². The molecule has 0 saturated carbocycles. The number of aromatic nitrogens is 2. The summed E-state index contributed by atoms with van der Waals surface area (Å²) in [6.07, 6.45) is 1.36. The van der Waals surface area contributed by atoms with E-state index < -0.39 is 10.9 Å². The van der Waals surface area contributed by atoms with E-state index in [1.165, 1.54) is 25.6 Å². The standard InChI is InChI=1S/C13H14N4O4/c1-3-16(7-12(18)21-2)13-10-6-9(17(19)20)4-5-11(10)14-8-15-13/h4-6,8H,3,7H2,1-2H3. The summed E-state index contributed by atoms with van der Waals surface area (Å²) in [5.41, 5.74) is 0.529. The molecule has 21 heavy (non-hydrogen) atoms. The van der Waals surface area contributed by atoms with Crippen molar-refractivity contribution in [2.45, 2.75) is 6.92 Å². The van der Waals surface area contributed by atoms with Crippen LogP contribution >= 0.6 is 0 Å². The van der Waals surface area contributed by atoms with Crippen molar-refractivity contribution >= 4 is 28.4 Å². The molecule has 0 aliphatic heterocycles. The maximum Gasteiger partial charge on any atom is 0.325 e. The molecule has 0 unspecified atom stereocenters. The molecule has 0 saturated heterocycles. The summed E-state index contributed by atoms with van der Waals surface area (Å²) in [5, 5.41) is 11.4. The number of nitrogens with zero attached hydrogens (tertiary/aromatic N) is 4. The topological polar surface area (TPSA) is 98.5 Å². The Labute approximate surface area is 120 Å². The van der Waals surface area contributed by atoms with Gasteiger partial charge in [0.25, 0.3) is 5.69 Å². The van der Waals surface area contributed by atoms with E-state index in [9.17, 15) is 14.9 Å². The average Bonchev–Trinajstić information content (AvgIpc) is 2.51. The summed E-state index contributed by atoms with van der Waals surface area (Å²) >= 11 is 0. The zero-order chi connectivity index (χ0) is 15.4. The molecule has 2 rings (SSSR count). The van der Waals surface area contributed by atoms with Crippen molar-refractivity contribution in [2.75, 3.05) is 25.1 Å². The Kier molecular flexibility index (Phi) is 4.27. The van der Waals surface area contributed by atoms with E-state index in [0.717, 1.165) is 0 Å². The highest BCUT2D eigenvalue weighted by Gasteiger charge is 2.17. The molecule has 8 heteroatoms. The summed E-state index contributed by atoms with van der Waals surface area (Å²) in [5.74, 6) is 0.0608. The van der Waals surface area contributed by atoms with Crippen molar-refractivity contribution in [1.29, 1.82) is 0 Å². The predicted octanol–water partition coefficient (Wildman–Crippen LogP) is 1.54. The van der Waals surface area contributed by atoms with Crippen LogP contribution in [-0.2, 0) is 9.53 Å². The SMILES string of the molecule is CCN(CC(=O)OC)c1ncnc2ccc([N+](=O)[O-])cc12. The molecule has 0 atom stereocenters. The molecule has 8 nitrogen and oxygen atoms in total. The number of methoxy groups -OCH3 is 1. The Balaban J connectivity index is 2.53. The average molecular weight is 290 g/mol. The minimum absolute atomic E-state index is 0.0157. The first-order valence-corrected chi connectivity index (χ1v) is 6.27. The summed E-state index contributed by atoms with van der Waals surface area (Å²) in [7, 11) is 1.30. The molecular weight excluding hydrogens is 276 g/mol. The van der Waals surface area contributed by atoms with E-state index in [-0.39, 0.29) is 12.2 Å². The molecular formula is C13H14N4O4. The lowest BCUT2D eigenvalue weighted by molar-refractivity contribution is -0.384. The number of ether oxygens (including phenoxy) is 1. The van der Waals surface area contributed by atoms with Crippen LogP contribution in [-0.4, -0.2) is 41.1 Å². The number of hydrogen-bond donors (Lipinski definition) is 0. The van der Waals surface area contributed by atoms with Crippen LogP contribution in [0.4, 0.5) is 11.5 Å². The molecule has 0 N–H and O–H groups in total. The highest BCUT2D eigenvalue weighted by Crippen LogP contribution is 2.26. The van der Waals surface area contributed by atoms with E-state index in [4.69, 9.17) is 0 Å². The van der Waals surface area contributed by atoms with Crippen molar-refractivity contribution in [3.8, 4) is 0 Å². The Hall–Kier alpha value is -2.77. The Morgan fingerprint density at radius 2 is 2.19 bits per heavy atom. The normalized spacial score (nSPS) is 10.4. The van der Waals surface area contributed by atoms with Gasteiger partial charge in [-0.3, -0.25) is 14.9 Å². The quantitative estimate of drug-likeness (QED) is 0.468. The number of nitro benzene ring substituents is 1. The molecule has 0 spiro atoms. The van der Waals surface area contributed by atoms with Crippen LogP contribution in [0.15, 0.2) is 24.5 Å². The number of likely N-dealkylation sites (N-methyl/N-ethyl adjacent to an activating group) is 1. The Morgan fingerprint density at radius 3 is 2.81 bits per heavy atom. The van der Waals surface area contributed by atoms with Gasteiger partial charge in [-0.2, -0.15) is 0 Å². The Bertz CT molecular complexity index is 689. The number of fused-ring (bicyclic) bond motifs is 1. The van der Waals surface area contributed by atoms with Crippen molar-refractivity contribution in [2.24, 2.45) is 0 Å².